The minimum atomic E-state index is -0.342. The zero-order chi connectivity index (χ0) is 73.7. The van der Waals surface area contributed by atoms with Gasteiger partial charge in [0, 0.05) is 88.9 Å². The second kappa shape index (κ2) is 32.7. The highest BCUT2D eigenvalue weighted by Crippen LogP contribution is 2.61. The molecular formula is C93H116BN5O7. The van der Waals surface area contributed by atoms with Crippen LogP contribution in [0.5, 0.6) is 11.5 Å². The molecule has 2 amide bonds. The number of benzene rings is 8. The summed E-state index contributed by atoms with van der Waals surface area (Å²) in [6.45, 7) is 32.2. The highest BCUT2D eigenvalue weighted by Gasteiger charge is 2.52. The summed E-state index contributed by atoms with van der Waals surface area (Å²) in [5.41, 5.74) is 38.8. The quantitative estimate of drug-likeness (QED) is 0.0192. The fraction of sp³-hybridized carbons (Fsp3) is 0.387. The molecule has 0 saturated carbocycles. The molecule has 1 aliphatic heterocycles. The number of nitrogen functional groups attached to an aromatic ring is 2. The van der Waals surface area contributed by atoms with Crippen molar-refractivity contribution >= 4 is 59.1 Å². The first-order valence-corrected chi connectivity index (χ1v) is 37.1. The standard InChI is InChI=1S/C32H34N2O2.C28H30N2.C16H20O2.C14H20BNO3.3CH4/c1-18(2)28-17-29-19(3)16-30(28)32-27(23-8-12-25(13-9-23)34-21(5)36)15-14-26(31(29)32)22-6-10-24(11-7-22)33-20(4)35;1-16(2)24-15-25-17(3)14-26(24)28-23(19-6-10-21(30)11-7-19)13-12-22(27(25)28)18-4-8-20(29)9-5-18;1-8(2)10-7-11-9(3)6-12(10)16-14(18)5-4-13(17)15(11)16;1-13(2)14(3,4)19-15(18-13)11-5-7-12(8-6-11)16-9-10-17;;;/h6-16,18,28-30H,17H2,1-5H3,(H,33,35)(H,34,36);4-14,16,24-26H,15,29-30H2,1-3H3;4-6,8,10-12,17-18H,7H2,1-3H3;5-8,10,16H,9H2,1-4H3;3*1H4. The van der Waals surface area contributed by atoms with Crippen LogP contribution in [-0.2, 0) is 23.7 Å². The van der Waals surface area contributed by atoms with Crippen molar-refractivity contribution in [2.24, 2.45) is 35.5 Å². The molecule has 13 heteroatoms. The van der Waals surface area contributed by atoms with Crippen LogP contribution in [0, 0.1) is 35.5 Å². The lowest BCUT2D eigenvalue weighted by molar-refractivity contribution is -0.115. The van der Waals surface area contributed by atoms with Gasteiger partial charge in [0.25, 0.3) is 0 Å². The number of rotatable bonds is 13. The van der Waals surface area contributed by atoms with Crippen LogP contribution >= 0.6 is 0 Å². The maximum atomic E-state index is 11.5. The Hall–Kier alpha value is -9.43. The monoisotopic (exact) mass is 1430 g/mol. The minimum Gasteiger partial charge on any atom is -0.508 e. The van der Waals surface area contributed by atoms with Crippen molar-refractivity contribution in [1.82, 2.24) is 0 Å². The first kappa shape index (κ1) is 80.7. The molecule has 0 spiro atoms. The lowest BCUT2D eigenvalue weighted by atomic mass is 9.58. The Morgan fingerprint density at radius 3 is 1.08 bits per heavy atom. The van der Waals surface area contributed by atoms with Gasteiger partial charge in [0.1, 0.15) is 17.8 Å². The van der Waals surface area contributed by atoms with E-state index in [1.165, 1.54) is 110 Å². The van der Waals surface area contributed by atoms with Crippen LogP contribution < -0.4 is 32.9 Å². The Labute approximate surface area is 633 Å². The molecule has 1 saturated heterocycles. The summed E-state index contributed by atoms with van der Waals surface area (Å²) in [6.07, 6.45) is 11.7. The fourth-order valence-corrected chi connectivity index (χ4v) is 17.5. The van der Waals surface area contributed by atoms with Crippen LogP contribution in [0.1, 0.15) is 214 Å². The van der Waals surface area contributed by atoms with Gasteiger partial charge in [-0.3, -0.25) is 9.59 Å². The number of allylic oxidation sites excluding steroid dienone is 6. The third-order valence-corrected chi connectivity index (χ3v) is 23.6. The first-order valence-electron chi connectivity index (χ1n) is 37.1. The number of carbonyl (C=O) groups is 3. The summed E-state index contributed by atoms with van der Waals surface area (Å²) in [6, 6.07) is 53.3. The lowest BCUT2D eigenvalue weighted by Gasteiger charge is -2.46. The van der Waals surface area contributed by atoms with E-state index in [9.17, 15) is 24.6 Å². The van der Waals surface area contributed by atoms with Gasteiger partial charge in [0.15, 0.2) is 0 Å². The maximum Gasteiger partial charge on any atom is 0.494 e. The third-order valence-electron chi connectivity index (χ3n) is 23.6. The van der Waals surface area contributed by atoms with Crippen LogP contribution in [0.25, 0.3) is 44.5 Å². The number of amides is 2. The second-order valence-corrected chi connectivity index (χ2v) is 31.8. The summed E-state index contributed by atoms with van der Waals surface area (Å²) < 4.78 is 11.9. The average Bonchev–Trinajstić information content (AvgIpc) is 1.08. The topological polar surface area (TPSA) is 198 Å². The Kier molecular flexibility index (Phi) is 24.9. The summed E-state index contributed by atoms with van der Waals surface area (Å²) in [5, 5.41) is 29.0. The van der Waals surface area contributed by atoms with Crippen molar-refractivity contribution in [3.8, 4) is 56.0 Å². The van der Waals surface area contributed by atoms with Crippen molar-refractivity contribution in [3.05, 3.63) is 226 Å². The summed E-state index contributed by atoms with van der Waals surface area (Å²) in [7, 11) is -0.342. The predicted octanol–water partition coefficient (Wildman–Crippen LogP) is 22.1. The zero-order valence-electron chi connectivity index (χ0n) is 62.7. The van der Waals surface area contributed by atoms with Crippen molar-refractivity contribution in [1.29, 1.82) is 0 Å². The summed E-state index contributed by atoms with van der Waals surface area (Å²) in [5.74, 6) is 6.55. The lowest BCUT2D eigenvalue weighted by Crippen LogP contribution is -2.41. The first-order chi connectivity index (χ1) is 49.0. The van der Waals surface area contributed by atoms with E-state index in [4.69, 9.17) is 20.8 Å². The van der Waals surface area contributed by atoms with Crippen LogP contribution in [0.15, 0.2) is 193 Å². The highest BCUT2D eigenvalue weighted by atomic mass is 16.7. The van der Waals surface area contributed by atoms with Crippen molar-refractivity contribution < 1.29 is 33.9 Å². The normalized spacial score (nSPS) is 21.7. The van der Waals surface area contributed by atoms with Crippen molar-refractivity contribution in [2.75, 3.05) is 34.0 Å². The van der Waals surface area contributed by atoms with E-state index < -0.39 is 0 Å². The number of fused-ring (bicyclic) bond motifs is 3. The van der Waals surface area contributed by atoms with Crippen LogP contribution in [0.4, 0.5) is 28.4 Å². The number of nitrogens with two attached hydrogens (primary N) is 2. The molecule has 9 N–H and O–H groups in total. The Morgan fingerprint density at radius 2 is 0.755 bits per heavy atom. The summed E-state index contributed by atoms with van der Waals surface area (Å²) >= 11 is 0. The second-order valence-electron chi connectivity index (χ2n) is 31.8. The van der Waals surface area contributed by atoms with Gasteiger partial charge in [-0.2, -0.15) is 0 Å². The molecule has 8 aromatic carbocycles. The predicted molar refractivity (Wildman–Crippen MR) is 445 cm³/mol. The molecule has 10 aliphatic rings. The van der Waals surface area contributed by atoms with E-state index in [0.717, 1.165) is 57.7 Å². The average molecular weight is 1430 g/mol. The van der Waals surface area contributed by atoms with Gasteiger partial charge >= 0.3 is 7.12 Å². The van der Waals surface area contributed by atoms with Gasteiger partial charge in [-0.25, -0.2) is 0 Å². The molecule has 9 aliphatic carbocycles. The maximum absolute atomic E-state index is 11.5. The van der Waals surface area contributed by atoms with Crippen molar-refractivity contribution in [3.63, 3.8) is 0 Å². The van der Waals surface area contributed by atoms with E-state index in [2.05, 4.69) is 169 Å². The third kappa shape index (κ3) is 16.1. The van der Waals surface area contributed by atoms with E-state index in [0.29, 0.717) is 77.2 Å². The molecule has 1 fully saturated rings. The number of carbonyl (C=O) groups excluding carboxylic acids is 3. The smallest absolute Gasteiger partial charge is 0.494 e. The van der Waals surface area contributed by atoms with E-state index in [-0.39, 0.29) is 64.3 Å². The molecule has 8 aromatic rings. The highest BCUT2D eigenvalue weighted by molar-refractivity contribution is 6.62. The Balaban J connectivity index is 0.000000168. The van der Waals surface area contributed by atoms with Gasteiger partial charge in [-0.05, 0) is 248 Å². The Morgan fingerprint density at radius 1 is 0.453 bits per heavy atom. The van der Waals surface area contributed by atoms with Crippen LogP contribution in [0.3, 0.4) is 0 Å². The van der Waals surface area contributed by atoms with Gasteiger partial charge in [0.2, 0.25) is 11.8 Å². The van der Waals surface area contributed by atoms with Gasteiger partial charge in [0.05, 0.1) is 17.7 Å². The molecule has 0 radical (unpaired) electrons. The number of phenols is 2. The molecule has 0 aromatic heterocycles. The molecule has 18 rings (SSSR count). The molecule has 9 atom stereocenters. The van der Waals surface area contributed by atoms with E-state index in [1.807, 2.05) is 100 Å². The molecule has 12 nitrogen and oxygen atoms in total. The number of aromatic hydroxyl groups is 2. The molecule has 6 bridgehead atoms. The molecule has 106 heavy (non-hydrogen) atoms. The number of phenolic OH excluding ortho intramolecular Hbond substituents is 2. The number of aldehydes is 1. The largest absolute Gasteiger partial charge is 0.508 e. The van der Waals surface area contributed by atoms with Crippen LogP contribution in [0.2, 0.25) is 0 Å². The SMILES string of the molecule is C.C.C.CC(=O)Nc1ccc(-c2ccc(-c3ccc(NC(C)=O)cc3)c3c2C2CC(C(C)C)C3C=C2C)cc1.CC1(C)OB(c2ccc(NCC=O)cc2)OC1(C)C.CC1=CC2c3c(-c4ccc(N)cc4)ccc(-c4ccc(N)cc4)c3C1CC2C(C)C.CC1=CC2c3c(O)ccc(O)c3C1CC2C(C)C. The number of hydrogen-bond donors (Lipinski definition) is 7. The Bertz CT molecular complexity index is 4550. The fourth-order valence-electron chi connectivity index (χ4n) is 17.5. The number of nitrogens with one attached hydrogen (secondary N) is 3. The number of hydrogen-bond acceptors (Lipinski definition) is 10. The van der Waals surface area contributed by atoms with Gasteiger partial charge in [-0.15, -0.1) is 0 Å². The van der Waals surface area contributed by atoms with Crippen molar-refractivity contribution in [2.45, 2.75) is 192 Å². The van der Waals surface area contributed by atoms with E-state index >= 15 is 0 Å². The molecule has 9 unspecified atom stereocenters. The van der Waals surface area contributed by atoms with E-state index in [1.54, 1.807) is 12.1 Å². The molecule has 1 heterocycles. The zero-order valence-corrected chi connectivity index (χ0v) is 62.7. The molecular weight excluding hydrogens is 1310 g/mol. The minimum absolute atomic E-state index is 0. The van der Waals surface area contributed by atoms with Crippen LogP contribution in [-0.4, -0.2) is 53.2 Å². The number of anilines is 5. The van der Waals surface area contributed by atoms with Gasteiger partial charge < -0.3 is 51.7 Å². The molecule has 558 valence electrons. The van der Waals surface area contributed by atoms with Gasteiger partial charge in [-0.1, -0.05) is 184 Å². The summed E-state index contributed by atoms with van der Waals surface area (Å²) in [4.78, 5) is 33.3.